The first kappa shape index (κ1) is 12.4. The van der Waals surface area contributed by atoms with Gasteiger partial charge in [-0.15, -0.1) is 0 Å². The number of H-pyrrole nitrogens is 1. The van der Waals surface area contributed by atoms with Gasteiger partial charge in [-0.05, 0) is 53.4 Å². The second kappa shape index (κ2) is 4.80. The van der Waals surface area contributed by atoms with E-state index in [9.17, 15) is 4.79 Å². The van der Waals surface area contributed by atoms with Crippen molar-refractivity contribution >= 4 is 15.9 Å². The molecule has 0 aromatic carbocycles. The smallest absolute Gasteiger partial charge is 0.265 e. The maximum atomic E-state index is 12.0. The Hall–Kier alpha value is -0.640. The number of aromatic nitrogens is 2. The number of aryl methyl sites for hydroxylation is 1. The third kappa shape index (κ3) is 2.04. The van der Waals surface area contributed by atoms with Crippen LogP contribution in [0, 0.1) is 11.8 Å². The van der Waals surface area contributed by atoms with Crippen LogP contribution in [-0.2, 0) is 6.42 Å². The Bertz CT molecular complexity index is 511. The minimum Gasteiger partial charge on any atom is -0.309 e. The molecule has 4 heteroatoms. The van der Waals surface area contributed by atoms with Crippen LogP contribution < -0.4 is 5.56 Å². The molecule has 0 aliphatic heterocycles. The number of hydrogen-bond acceptors (Lipinski definition) is 2. The summed E-state index contributed by atoms with van der Waals surface area (Å²) < 4.78 is 0.622. The molecule has 0 amide bonds. The highest BCUT2D eigenvalue weighted by molar-refractivity contribution is 9.10. The molecule has 1 aromatic heterocycles. The zero-order valence-corrected chi connectivity index (χ0v) is 12.3. The number of aromatic amines is 1. The average Bonchev–Trinajstić information content (AvgIpc) is 2.97. The number of nitrogens with one attached hydrogen (secondary N) is 1. The standard InChI is InChI=1S/C14H19BrN2O/c1-2-3-11-12(15)14(18)17-13(16-11)10-7-8-4-5-9(10)6-8/h8-10H,2-7H2,1H3,(H,16,17,18). The predicted molar refractivity (Wildman–Crippen MR) is 74.7 cm³/mol. The molecule has 2 aliphatic rings. The second-order valence-corrected chi connectivity index (χ2v) is 6.54. The van der Waals surface area contributed by atoms with E-state index in [2.05, 4.69) is 27.8 Å². The summed E-state index contributed by atoms with van der Waals surface area (Å²) in [5, 5.41) is 0. The third-order valence-electron chi connectivity index (χ3n) is 4.53. The first-order valence-electron chi connectivity index (χ1n) is 6.97. The molecule has 1 aromatic rings. The summed E-state index contributed by atoms with van der Waals surface area (Å²) in [6.45, 7) is 2.12. The zero-order chi connectivity index (χ0) is 12.7. The van der Waals surface area contributed by atoms with Crippen LogP contribution in [-0.4, -0.2) is 9.97 Å². The lowest BCUT2D eigenvalue weighted by molar-refractivity contribution is 0.403. The van der Waals surface area contributed by atoms with Crippen molar-refractivity contribution in [3.63, 3.8) is 0 Å². The van der Waals surface area contributed by atoms with E-state index in [1.165, 1.54) is 25.7 Å². The Balaban J connectivity index is 1.95. The van der Waals surface area contributed by atoms with Crippen molar-refractivity contribution < 1.29 is 0 Å². The second-order valence-electron chi connectivity index (χ2n) is 5.74. The molecular formula is C14H19BrN2O. The Morgan fingerprint density at radius 2 is 2.22 bits per heavy atom. The van der Waals surface area contributed by atoms with Gasteiger partial charge in [0.2, 0.25) is 0 Å². The minimum atomic E-state index is -0.00813. The molecule has 2 fully saturated rings. The van der Waals surface area contributed by atoms with Crippen LogP contribution >= 0.6 is 15.9 Å². The van der Waals surface area contributed by atoms with E-state index in [1.807, 2.05) is 0 Å². The molecule has 98 valence electrons. The topological polar surface area (TPSA) is 45.8 Å². The first-order chi connectivity index (χ1) is 8.69. The predicted octanol–water partition coefficient (Wildman–Crippen LogP) is 3.39. The van der Waals surface area contributed by atoms with Crippen LogP contribution in [0.5, 0.6) is 0 Å². The highest BCUT2D eigenvalue weighted by atomic mass is 79.9. The van der Waals surface area contributed by atoms with Gasteiger partial charge in [-0.25, -0.2) is 4.98 Å². The average molecular weight is 311 g/mol. The van der Waals surface area contributed by atoms with Crippen LogP contribution in [0.2, 0.25) is 0 Å². The van der Waals surface area contributed by atoms with Gasteiger partial charge in [0.25, 0.3) is 5.56 Å². The molecule has 3 unspecified atom stereocenters. The summed E-state index contributed by atoms with van der Waals surface area (Å²) in [4.78, 5) is 19.7. The van der Waals surface area contributed by atoms with Crippen molar-refractivity contribution in [2.24, 2.45) is 11.8 Å². The van der Waals surface area contributed by atoms with Crippen molar-refractivity contribution in [2.45, 2.75) is 51.4 Å². The molecule has 3 atom stereocenters. The Labute approximate surface area is 116 Å². The number of hydrogen-bond donors (Lipinski definition) is 1. The summed E-state index contributed by atoms with van der Waals surface area (Å²) >= 11 is 3.36. The highest BCUT2D eigenvalue weighted by Crippen LogP contribution is 2.51. The fraction of sp³-hybridized carbons (Fsp3) is 0.714. The number of halogens is 1. The fourth-order valence-electron chi connectivity index (χ4n) is 3.68. The van der Waals surface area contributed by atoms with Crippen molar-refractivity contribution in [3.05, 3.63) is 26.3 Å². The van der Waals surface area contributed by atoms with Gasteiger partial charge in [0.05, 0.1) is 5.69 Å². The van der Waals surface area contributed by atoms with E-state index in [1.54, 1.807) is 0 Å². The molecule has 3 nitrogen and oxygen atoms in total. The zero-order valence-electron chi connectivity index (χ0n) is 10.7. The van der Waals surface area contributed by atoms with Gasteiger partial charge in [0.1, 0.15) is 10.3 Å². The molecular weight excluding hydrogens is 292 g/mol. The van der Waals surface area contributed by atoms with E-state index in [0.717, 1.165) is 36.2 Å². The van der Waals surface area contributed by atoms with Crippen LogP contribution in [0.15, 0.2) is 9.27 Å². The normalized spacial score (nSPS) is 30.0. The Kier molecular flexibility index (Phi) is 3.31. The highest BCUT2D eigenvalue weighted by Gasteiger charge is 2.41. The van der Waals surface area contributed by atoms with Gasteiger partial charge in [0, 0.05) is 5.92 Å². The van der Waals surface area contributed by atoms with E-state index in [4.69, 9.17) is 4.98 Å². The summed E-state index contributed by atoms with van der Waals surface area (Å²) in [5.74, 6) is 3.08. The van der Waals surface area contributed by atoms with Crippen molar-refractivity contribution in [1.82, 2.24) is 9.97 Å². The van der Waals surface area contributed by atoms with Gasteiger partial charge in [-0.1, -0.05) is 19.8 Å². The number of rotatable bonds is 3. The number of nitrogens with zero attached hydrogens (tertiary/aromatic N) is 1. The summed E-state index contributed by atoms with van der Waals surface area (Å²) in [6, 6.07) is 0. The first-order valence-corrected chi connectivity index (χ1v) is 7.77. The van der Waals surface area contributed by atoms with E-state index in [0.29, 0.717) is 10.4 Å². The largest absolute Gasteiger partial charge is 0.309 e. The summed E-state index contributed by atoms with van der Waals surface area (Å²) in [5.41, 5.74) is 0.922. The molecule has 0 spiro atoms. The van der Waals surface area contributed by atoms with Crippen LogP contribution in [0.3, 0.4) is 0 Å². The van der Waals surface area contributed by atoms with E-state index >= 15 is 0 Å². The maximum absolute atomic E-state index is 12.0. The molecule has 1 N–H and O–H groups in total. The van der Waals surface area contributed by atoms with Crippen LogP contribution in [0.25, 0.3) is 0 Å². The van der Waals surface area contributed by atoms with Crippen molar-refractivity contribution in [3.8, 4) is 0 Å². The fourth-order valence-corrected chi connectivity index (χ4v) is 4.07. The van der Waals surface area contributed by atoms with Gasteiger partial charge in [-0.3, -0.25) is 4.79 Å². The van der Waals surface area contributed by atoms with Gasteiger partial charge in [-0.2, -0.15) is 0 Å². The van der Waals surface area contributed by atoms with Gasteiger partial charge >= 0.3 is 0 Å². The lowest BCUT2D eigenvalue weighted by Crippen LogP contribution is -2.20. The molecule has 2 aliphatic carbocycles. The molecule has 18 heavy (non-hydrogen) atoms. The van der Waals surface area contributed by atoms with Gasteiger partial charge < -0.3 is 4.98 Å². The number of fused-ring (bicyclic) bond motifs is 2. The van der Waals surface area contributed by atoms with E-state index in [-0.39, 0.29) is 5.56 Å². The van der Waals surface area contributed by atoms with Crippen molar-refractivity contribution in [2.75, 3.05) is 0 Å². The summed E-state index contributed by atoms with van der Waals surface area (Å²) in [7, 11) is 0. The molecule has 1 heterocycles. The Morgan fingerprint density at radius 1 is 1.39 bits per heavy atom. The monoisotopic (exact) mass is 310 g/mol. The molecule has 2 saturated carbocycles. The van der Waals surface area contributed by atoms with Crippen molar-refractivity contribution in [1.29, 1.82) is 0 Å². The third-order valence-corrected chi connectivity index (χ3v) is 5.34. The molecule has 3 rings (SSSR count). The molecule has 0 radical (unpaired) electrons. The van der Waals surface area contributed by atoms with Gasteiger partial charge in [0.15, 0.2) is 0 Å². The maximum Gasteiger partial charge on any atom is 0.265 e. The minimum absolute atomic E-state index is 0.00813. The molecule has 0 saturated heterocycles. The van der Waals surface area contributed by atoms with E-state index < -0.39 is 0 Å². The Morgan fingerprint density at radius 3 is 2.83 bits per heavy atom. The SMILES string of the molecule is CCCc1nc(C2CC3CCC2C3)[nH]c(=O)c1Br. The molecule has 2 bridgehead atoms. The lowest BCUT2D eigenvalue weighted by Gasteiger charge is -2.21. The quantitative estimate of drug-likeness (QED) is 0.930. The van der Waals surface area contributed by atoms with Crippen LogP contribution in [0.4, 0.5) is 0 Å². The van der Waals surface area contributed by atoms with Crippen LogP contribution in [0.1, 0.15) is 56.5 Å². The lowest BCUT2D eigenvalue weighted by atomic mass is 9.88. The summed E-state index contributed by atoms with van der Waals surface area (Å²) in [6.07, 6.45) is 7.15.